The minimum atomic E-state index is -0.316. The summed E-state index contributed by atoms with van der Waals surface area (Å²) in [5.41, 5.74) is 1.94. The molecule has 0 saturated carbocycles. The van der Waals surface area contributed by atoms with Crippen LogP contribution < -0.4 is 0 Å². The van der Waals surface area contributed by atoms with Gasteiger partial charge in [0, 0.05) is 10.9 Å². The Kier molecular flexibility index (Phi) is 4.27. The lowest BCUT2D eigenvalue weighted by molar-refractivity contribution is -0.142. The Morgan fingerprint density at radius 2 is 2.26 bits per heavy atom. The van der Waals surface area contributed by atoms with Crippen LogP contribution in [0.1, 0.15) is 18.2 Å². The number of hydrogen-bond acceptors (Lipinski definition) is 4. The van der Waals surface area contributed by atoms with E-state index in [1.54, 1.807) is 18.4 Å². The van der Waals surface area contributed by atoms with Gasteiger partial charge in [0.1, 0.15) is 10.8 Å². The lowest BCUT2D eigenvalue weighted by Gasteiger charge is -2.00. The van der Waals surface area contributed by atoms with Crippen molar-refractivity contribution in [3.05, 3.63) is 40.7 Å². The molecule has 19 heavy (non-hydrogen) atoms. The van der Waals surface area contributed by atoms with Crippen molar-refractivity contribution in [3.63, 3.8) is 0 Å². The van der Waals surface area contributed by atoms with Gasteiger partial charge in [0.2, 0.25) is 0 Å². The predicted octanol–water partition coefficient (Wildman–Crippen LogP) is 3.36. The van der Waals surface area contributed by atoms with Gasteiger partial charge >= 0.3 is 5.97 Å². The summed E-state index contributed by atoms with van der Waals surface area (Å²) in [5, 5.41) is 2.34. The van der Waals surface area contributed by atoms with E-state index < -0.39 is 0 Å². The molecule has 5 heteroatoms. The Balaban J connectivity index is 2.18. The van der Waals surface area contributed by atoms with Crippen LogP contribution in [0.4, 0.5) is 4.39 Å². The van der Waals surface area contributed by atoms with Crippen LogP contribution in [0.3, 0.4) is 0 Å². The van der Waals surface area contributed by atoms with E-state index in [0.717, 1.165) is 5.56 Å². The van der Waals surface area contributed by atoms with Crippen molar-refractivity contribution in [2.24, 2.45) is 0 Å². The van der Waals surface area contributed by atoms with Crippen molar-refractivity contribution in [1.82, 2.24) is 4.98 Å². The highest BCUT2D eigenvalue weighted by molar-refractivity contribution is 7.13. The summed E-state index contributed by atoms with van der Waals surface area (Å²) in [7, 11) is 0. The Bertz CT molecular complexity index is 595. The molecule has 1 heterocycles. The molecule has 2 aromatic rings. The molecule has 0 unspecified atom stereocenters. The van der Waals surface area contributed by atoms with Gasteiger partial charge < -0.3 is 4.74 Å². The topological polar surface area (TPSA) is 39.2 Å². The summed E-state index contributed by atoms with van der Waals surface area (Å²) in [4.78, 5) is 15.6. The lowest BCUT2D eigenvalue weighted by Crippen LogP contribution is -2.07. The molecule has 1 aromatic carbocycles. The number of benzene rings is 1. The number of aryl methyl sites for hydroxylation is 1. The maximum absolute atomic E-state index is 13.8. The maximum atomic E-state index is 13.8. The molecule has 0 radical (unpaired) electrons. The fourth-order valence-corrected chi connectivity index (χ4v) is 2.51. The summed E-state index contributed by atoms with van der Waals surface area (Å²) in [5.74, 6) is -0.610. The normalized spacial score (nSPS) is 10.5. The third-order valence-corrected chi connectivity index (χ3v) is 3.46. The summed E-state index contributed by atoms with van der Waals surface area (Å²) in [6.07, 6.45) is 0.123. The quantitative estimate of drug-likeness (QED) is 0.806. The fraction of sp³-hybridized carbons (Fsp3) is 0.286. The molecule has 3 nitrogen and oxygen atoms in total. The second kappa shape index (κ2) is 5.93. The Morgan fingerprint density at radius 3 is 2.95 bits per heavy atom. The van der Waals surface area contributed by atoms with E-state index in [1.807, 2.05) is 13.0 Å². The largest absolute Gasteiger partial charge is 0.466 e. The van der Waals surface area contributed by atoms with E-state index in [-0.39, 0.29) is 18.2 Å². The third-order valence-electron chi connectivity index (χ3n) is 2.54. The molecule has 0 aliphatic carbocycles. The molecule has 0 spiro atoms. The van der Waals surface area contributed by atoms with Crippen LogP contribution in [0.5, 0.6) is 0 Å². The van der Waals surface area contributed by atoms with Gasteiger partial charge in [0.25, 0.3) is 0 Å². The zero-order valence-corrected chi connectivity index (χ0v) is 11.6. The number of carbonyl (C=O) groups is 1. The molecule has 0 N–H and O–H groups in total. The number of carbonyl (C=O) groups excluding carboxylic acids is 1. The predicted molar refractivity (Wildman–Crippen MR) is 72.6 cm³/mol. The molecule has 1 aromatic heterocycles. The van der Waals surface area contributed by atoms with Crippen LogP contribution in [0.25, 0.3) is 10.6 Å². The van der Waals surface area contributed by atoms with Gasteiger partial charge in [0.05, 0.1) is 18.7 Å². The molecule has 2 rings (SSSR count). The van der Waals surface area contributed by atoms with Gasteiger partial charge in [-0.25, -0.2) is 9.37 Å². The van der Waals surface area contributed by atoms with Crippen LogP contribution in [0.2, 0.25) is 0 Å². The number of halogens is 1. The van der Waals surface area contributed by atoms with E-state index >= 15 is 0 Å². The highest BCUT2D eigenvalue weighted by atomic mass is 32.1. The molecule has 0 atom stereocenters. The number of thiazole rings is 1. The molecular formula is C14H14FNO2S. The van der Waals surface area contributed by atoms with E-state index in [0.29, 0.717) is 22.9 Å². The van der Waals surface area contributed by atoms with E-state index in [9.17, 15) is 9.18 Å². The zero-order valence-electron chi connectivity index (χ0n) is 10.8. The third kappa shape index (κ3) is 3.38. The monoisotopic (exact) mass is 279 g/mol. The van der Waals surface area contributed by atoms with Crippen LogP contribution in [0, 0.1) is 12.7 Å². The summed E-state index contributed by atoms with van der Waals surface area (Å²) in [6, 6.07) is 5.02. The van der Waals surface area contributed by atoms with Gasteiger partial charge in [-0.3, -0.25) is 4.79 Å². The zero-order chi connectivity index (χ0) is 13.8. The van der Waals surface area contributed by atoms with Gasteiger partial charge in [0.15, 0.2) is 0 Å². The second-order valence-corrected chi connectivity index (χ2v) is 4.97. The summed E-state index contributed by atoms with van der Waals surface area (Å²) in [6.45, 7) is 3.94. The first-order chi connectivity index (χ1) is 9.10. The number of esters is 1. The molecule has 0 aliphatic heterocycles. The van der Waals surface area contributed by atoms with Gasteiger partial charge in [-0.05, 0) is 31.5 Å². The molecular weight excluding hydrogens is 265 g/mol. The van der Waals surface area contributed by atoms with Gasteiger partial charge in [-0.2, -0.15) is 0 Å². The highest BCUT2D eigenvalue weighted by Gasteiger charge is 2.12. The van der Waals surface area contributed by atoms with Crippen molar-refractivity contribution in [2.45, 2.75) is 20.3 Å². The molecule has 0 fully saturated rings. The van der Waals surface area contributed by atoms with Crippen LogP contribution in [0.15, 0.2) is 23.6 Å². The first-order valence-corrected chi connectivity index (χ1v) is 6.84. The molecule has 0 saturated heterocycles. The average Bonchev–Trinajstić information content (AvgIpc) is 2.77. The smallest absolute Gasteiger partial charge is 0.311 e. The van der Waals surface area contributed by atoms with Crippen molar-refractivity contribution in [1.29, 1.82) is 0 Å². The first-order valence-electron chi connectivity index (χ1n) is 5.96. The van der Waals surface area contributed by atoms with Crippen molar-refractivity contribution in [2.75, 3.05) is 6.61 Å². The second-order valence-electron chi connectivity index (χ2n) is 4.11. The molecule has 0 aliphatic rings. The number of rotatable bonds is 4. The van der Waals surface area contributed by atoms with Crippen molar-refractivity contribution < 1.29 is 13.9 Å². The minimum absolute atomic E-state index is 0.123. The van der Waals surface area contributed by atoms with Gasteiger partial charge in [-0.15, -0.1) is 11.3 Å². The molecule has 0 amide bonds. The lowest BCUT2D eigenvalue weighted by atomic mass is 10.1. The SMILES string of the molecule is CCOC(=O)Cc1csc(-c2ccc(C)cc2F)n1. The highest BCUT2D eigenvalue weighted by Crippen LogP contribution is 2.27. The van der Waals surface area contributed by atoms with E-state index in [4.69, 9.17) is 4.74 Å². The maximum Gasteiger partial charge on any atom is 0.311 e. The number of aromatic nitrogens is 1. The Hall–Kier alpha value is -1.75. The number of nitrogens with zero attached hydrogens (tertiary/aromatic N) is 1. The van der Waals surface area contributed by atoms with E-state index in [2.05, 4.69) is 4.98 Å². The van der Waals surface area contributed by atoms with Crippen LogP contribution in [-0.4, -0.2) is 17.6 Å². The molecule has 0 bridgehead atoms. The standard InChI is InChI=1S/C14H14FNO2S/c1-3-18-13(17)7-10-8-19-14(16-10)11-5-4-9(2)6-12(11)15/h4-6,8H,3,7H2,1-2H3. The van der Waals surface area contributed by atoms with Crippen LogP contribution >= 0.6 is 11.3 Å². The summed E-state index contributed by atoms with van der Waals surface area (Å²) < 4.78 is 18.7. The molecule has 100 valence electrons. The fourth-order valence-electron chi connectivity index (χ4n) is 1.67. The summed E-state index contributed by atoms with van der Waals surface area (Å²) >= 11 is 1.32. The van der Waals surface area contributed by atoms with Gasteiger partial charge in [-0.1, -0.05) is 6.07 Å². The van der Waals surface area contributed by atoms with E-state index in [1.165, 1.54) is 17.4 Å². The first kappa shape index (κ1) is 13.7. The minimum Gasteiger partial charge on any atom is -0.466 e. The Labute approximate surface area is 115 Å². The van der Waals surface area contributed by atoms with Crippen LogP contribution in [-0.2, 0) is 16.0 Å². The Morgan fingerprint density at radius 1 is 1.47 bits per heavy atom. The number of ether oxygens (including phenoxy) is 1. The van der Waals surface area contributed by atoms with Crippen molar-refractivity contribution >= 4 is 17.3 Å². The number of hydrogen-bond donors (Lipinski definition) is 0. The average molecular weight is 279 g/mol. The van der Waals surface area contributed by atoms with Crippen molar-refractivity contribution in [3.8, 4) is 10.6 Å².